The highest BCUT2D eigenvalue weighted by Crippen LogP contribution is 2.41. The Morgan fingerprint density at radius 2 is 2.21 bits per heavy atom. The number of nitrogens with zero attached hydrogens (tertiary/aromatic N) is 1. The third-order valence-electron chi connectivity index (χ3n) is 3.78. The Balaban J connectivity index is 2.24. The van der Waals surface area contributed by atoms with Gasteiger partial charge in [0.25, 0.3) is 5.69 Å². The summed E-state index contributed by atoms with van der Waals surface area (Å²) >= 11 is 0. The van der Waals surface area contributed by atoms with E-state index in [9.17, 15) is 14.9 Å². The number of aryl methyl sites for hydroxylation is 1. The molecule has 1 aromatic rings. The molecule has 6 heteroatoms. The molecule has 1 aliphatic rings. The highest BCUT2D eigenvalue weighted by atomic mass is 16.6. The maximum atomic E-state index is 12.2. The first-order valence-corrected chi connectivity index (χ1v) is 6.25. The number of carbonyl (C=O) groups is 1. The van der Waals surface area contributed by atoms with Crippen molar-refractivity contribution in [1.29, 1.82) is 0 Å². The minimum atomic E-state index is -0.543. The fourth-order valence-electron chi connectivity index (χ4n) is 2.28. The third kappa shape index (κ3) is 2.44. The van der Waals surface area contributed by atoms with Crippen molar-refractivity contribution in [1.82, 2.24) is 0 Å². The number of nitro groups is 1. The van der Waals surface area contributed by atoms with Gasteiger partial charge in [0.05, 0.1) is 10.3 Å². The number of nitrogens with two attached hydrogens (primary N) is 1. The van der Waals surface area contributed by atoms with Crippen molar-refractivity contribution in [2.24, 2.45) is 11.1 Å². The molecule has 0 spiro atoms. The molecule has 3 N–H and O–H groups in total. The van der Waals surface area contributed by atoms with Crippen LogP contribution in [0.15, 0.2) is 18.2 Å². The van der Waals surface area contributed by atoms with Gasteiger partial charge in [-0.3, -0.25) is 14.9 Å². The van der Waals surface area contributed by atoms with Crippen molar-refractivity contribution >= 4 is 17.3 Å². The van der Waals surface area contributed by atoms with Crippen LogP contribution in [0, 0.1) is 22.5 Å². The van der Waals surface area contributed by atoms with Crippen molar-refractivity contribution < 1.29 is 9.72 Å². The predicted octanol–water partition coefficient (Wildman–Crippen LogP) is 1.97. The van der Waals surface area contributed by atoms with Gasteiger partial charge in [-0.05, 0) is 31.4 Å². The van der Waals surface area contributed by atoms with E-state index in [1.807, 2.05) is 0 Å². The Labute approximate surface area is 111 Å². The van der Waals surface area contributed by atoms with E-state index in [0.29, 0.717) is 0 Å². The number of hydrogen-bond acceptors (Lipinski definition) is 4. The van der Waals surface area contributed by atoms with E-state index in [-0.39, 0.29) is 23.8 Å². The second-order valence-corrected chi connectivity index (χ2v) is 5.07. The van der Waals surface area contributed by atoms with Crippen molar-refractivity contribution in [3.63, 3.8) is 0 Å². The number of nitro benzene ring substituents is 1. The number of anilines is 1. The monoisotopic (exact) mass is 263 g/mol. The van der Waals surface area contributed by atoms with Crippen LogP contribution in [0.3, 0.4) is 0 Å². The van der Waals surface area contributed by atoms with Crippen LogP contribution in [0.5, 0.6) is 0 Å². The summed E-state index contributed by atoms with van der Waals surface area (Å²) in [4.78, 5) is 22.7. The second kappa shape index (κ2) is 4.97. The third-order valence-corrected chi connectivity index (χ3v) is 3.78. The largest absolute Gasteiger partial charge is 0.329 e. The number of rotatable bonds is 4. The zero-order chi connectivity index (χ0) is 14.0. The summed E-state index contributed by atoms with van der Waals surface area (Å²) in [5.74, 6) is -0.215. The molecule has 1 amide bonds. The van der Waals surface area contributed by atoms with Gasteiger partial charge in [-0.25, -0.2) is 0 Å². The Morgan fingerprint density at radius 1 is 1.53 bits per heavy atom. The lowest BCUT2D eigenvalue weighted by molar-refractivity contribution is -0.384. The fraction of sp³-hybridized carbons (Fsp3) is 0.462. The van der Waals surface area contributed by atoms with E-state index in [4.69, 9.17) is 5.73 Å². The van der Waals surface area contributed by atoms with Crippen LogP contribution in [0.25, 0.3) is 0 Å². The van der Waals surface area contributed by atoms with E-state index in [2.05, 4.69) is 5.32 Å². The standard InChI is InChI=1S/C13H17N3O3/c1-9-3-4-10(11(7-9)16(18)19)15-12(17)13(8-14)5-2-6-13/h3-4,7H,2,5-6,8,14H2,1H3,(H,15,17). The molecule has 1 aliphatic carbocycles. The van der Waals surface area contributed by atoms with Gasteiger partial charge in [0.15, 0.2) is 0 Å². The minimum absolute atomic E-state index is 0.0835. The number of carbonyl (C=O) groups excluding carboxylic acids is 1. The van der Waals surface area contributed by atoms with E-state index in [0.717, 1.165) is 24.8 Å². The molecule has 0 unspecified atom stereocenters. The van der Waals surface area contributed by atoms with Crippen LogP contribution in [0.1, 0.15) is 24.8 Å². The summed E-state index contributed by atoms with van der Waals surface area (Å²) in [6.45, 7) is 2.05. The van der Waals surface area contributed by atoms with Gasteiger partial charge in [-0.1, -0.05) is 12.5 Å². The maximum absolute atomic E-state index is 12.2. The first-order chi connectivity index (χ1) is 8.98. The fourth-order valence-corrected chi connectivity index (χ4v) is 2.28. The summed E-state index contributed by atoms with van der Waals surface area (Å²) in [5, 5.41) is 13.6. The Bertz CT molecular complexity index is 518. The topological polar surface area (TPSA) is 98.3 Å². The summed E-state index contributed by atoms with van der Waals surface area (Å²) in [5.41, 5.74) is 6.04. The first-order valence-electron chi connectivity index (χ1n) is 6.25. The van der Waals surface area contributed by atoms with Gasteiger partial charge >= 0.3 is 0 Å². The summed E-state index contributed by atoms with van der Waals surface area (Å²) < 4.78 is 0. The van der Waals surface area contributed by atoms with E-state index < -0.39 is 10.3 Å². The van der Waals surface area contributed by atoms with Crippen molar-refractivity contribution in [2.75, 3.05) is 11.9 Å². The highest BCUT2D eigenvalue weighted by Gasteiger charge is 2.43. The molecule has 1 aromatic carbocycles. The average molecular weight is 263 g/mol. The SMILES string of the molecule is Cc1ccc(NC(=O)C2(CN)CCC2)c([N+](=O)[O-])c1. The number of hydrogen-bond donors (Lipinski definition) is 2. The van der Waals surface area contributed by atoms with Crippen LogP contribution in [-0.2, 0) is 4.79 Å². The summed E-state index contributed by atoms with van der Waals surface area (Å²) in [7, 11) is 0. The normalized spacial score (nSPS) is 16.5. The van der Waals surface area contributed by atoms with Crippen LogP contribution in [-0.4, -0.2) is 17.4 Å². The molecule has 0 saturated heterocycles. The maximum Gasteiger partial charge on any atom is 0.293 e. The van der Waals surface area contributed by atoms with Crippen molar-refractivity contribution in [2.45, 2.75) is 26.2 Å². The highest BCUT2D eigenvalue weighted by molar-refractivity contribution is 5.97. The summed E-state index contributed by atoms with van der Waals surface area (Å²) in [6, 6.07) is 4.75. The molecule has 0 heterocycles. The molecular formula is C13H17N3O3. The Kier molecular flexibility index (Phi) is 3.53. The van der Waals surface area contributed by atoms with Gasteiger partial charge in [0.2, 0.25) is 5.91 Å². The van der Waals surface area contributed by atoms with Gasteiger partial charge < -0.3 is 11.1 Å². The van der Waals surface area contributed by atoms with Crippen molar-refractivity contribution in [3.8, 4) is 0 Å². The molecule has 0 radical (unpaired) electrons. The lowest BCUT2D eigenvalue weighted by Crippen LogP contribution is -2.47. The molecule has 102 valence electrons. The van der Waals surface area contributed by atoms with Crippen molar-refractivity contribution in [3.05, 3.63) is 33.9 Å². The molecule has 0 aromatic heterocycles. The molecule has 19 heavy (non-hydrogen) atoms. The smallest absolute Gasteiger partial charge is 0.293 e. The number of amides is 1. The average Bonchev–Trinajstić information content (AvgIpc) is 2.30. The number of benzene rings is 1. The zero-order valence-corrected chi connectivity index (χ0v) is 10.8. The van der Waals surface area contributed by atoms with Gasteiger partial charge in [-0.15, -0.1) is 0 Å². The Morgan fingerprint density at radius 3 is 2.68 bits per heavy atom. The van der Waals surface area contributed by atoms with Gasteiger partial charge in [0, 0.05) is 12.6 Å². The van der Waals surface area contributed by atoms with Crippen LogP contribution < -0.4 is 11.1 Å². The van der Waals surface area contributed by atoms with Gasteiger partial charge in [0.1, 0.15) is 5.69 Å². The lowest BCUT2D eigenvalue weighted by atomic mass is 9.68. The lowest BCUT2D eigenvalue weighted by Gasteiger charge is -2.38. The molecule has 6 nitrogen and oxygen atoms in total. The van der Waals surface area contributed by atoms with Gasteiger partial charge in [-0.2, -0.15) is 0 Å². The molecule has 0 aliphatic heterocycles. The summed E-state index contributed by atoms with van der Waals surface area (Å²) in [6.07, 6.45) is 2.46. The van der Waals surface area contributed by atoms with E-state index >= 15 is 0 Å². The number of nitrogens with one attached hydrogen (secondary N) is 1. The van der Waals surface area contributed by atoms with E-state index in [1.165, 1.54) is 6.07 Å². The molecule has 0 bridgehead atoms. The van der Waals surface area contributed by atoms with E-state index in [1.54, 1.807) is 19.1 Å². The molecular weight excluding hydrogens is 246 g/mol. The minimum Gasteiger partial charge on any atom is -0.329 e. The van der Waals surface area contributed by atoms with Crippen LogP contribution in [0.2, 0.25) is 0 Å². The quantitative estimate of drug-likeness (QED) is 0.640. The molecule has 1 fully saturated rings. The van der Waals surface area contributed by atoms with Crippen LogP contribution in [0.4, 0.5) is 11.4 Å². The van der Waals surface area contributed by atoms with Crippen LogP contribution >= 0.6 is 0 Å². The molecule has 0 atom stereocenters. The zero-order valence-electron chi connectivity index (χ0n) is 10.8. The first kappa shape index (κ1) is 13.5. The second-order valence-electron chi connectivity index (χ2n) is 5.07. The predicted molar refractivity (Wildman–Crippen MR) is 71.8 cm³/mol. The molecule has 2 rings (SSSR count). The molecule has 1 saturated carbocycles. The Hall–Kier alpha value is -1.95.